The topological polar surface area (TPSA) is 58.4 Å². The molecule has 2 fully saturated rings. The zero-order valence-corrected chi connectivity index (χ0v) is 13.4. The zero-order valence-electron chi connectivity index (χ0n) is 13.4. The van der Waals surface area contributed by atoms with Crippen LogP contribution in [0, 0.1) is 10.1 Å². The Labute approximate surface area is 131 Å². The molecule has 0 amide bonds. The van der Waals surface area contributed by atoms with Crippen molar-refractivity contribution in [2.75, 3.05) is 0 Å². The van der Waals surface area contributed by atoms with Crippen LogP contribution < -0.4 is 5.32 Å². The summed E-state index contributed by atoms with van der Waals surface area (Å²) < 4.78 is 0. The van der Waals surface area contributed by atoms with Crippen molar-refractivity contribution in [3.05, 3.63) is 39.9 Å². The molecule has 2 atom stereocenters. The molecule has 5 nitrogen and oxygen atoms in total. The molecule has 0 aliphatic carbocycles. The van der Waals surface area contributed by atoms with E-state index in [4.69, 9.17) is 0 Å². The third kappa shape index (κ3) is 3.01. The van der Waals surface area contributed by atoms with Crippen molar-refractivity contribution in [1.29, 1.82) is 0 Å². The monoisotopic (exact) mass is 303 g/mol. The third-order valence-corrected chi connectivity index (χ3v) is 5.16. The fraction of sp³-hybridized carbons (Fsp3) is 0.647. The average molecular weight is 303 g/mol. The van der Waals surface area contributed by atoms with Gasteiger partial charge < -0.3 is 5.32 Å². The first kappa shape index (κ1) is 15.4. The third-order valence-electron chi connectivity index (χ3n) is 5.16. The molecule has 1 aromatic carbocycles. The predicted molar refractivity (Wildman–Crippen MR) is 86.7 cm³/mol. The summed E-state index contributed by atoms with van der Waals surface area (Å²) in [5.74, 6) is 0. The SMILES string of the molecule is CC(C)N1C2CCC1CC(NCc1ccccc1[N+](=O)[O-])C2. The molecule has 1 aromatic rings. The summed E-state index contributed by atoms with van der Waals surface area (Å²) in [5.41, 5.74) is 1.00. The summed E-state index contributed by atoms with van der Waals surface area (Å²) in [6.45, 7) is 5.15. The maximum absolute atomic E-state index is 11.1. The normalized spacial score (nSPS) is 28.2. The number of hydrogen-bond acceptors (Lipinski definition) is 4. The molecule has 0 saturated carbocycles. The van der Waals surface area contributed by atoms with Gasteiger partial charge in [0.1, 0.15) is 0 Å². The van der Waals surface area contributed by atoms with Crippen LogP contribution >= 0.6 is 0 Å². The van der Waals surface area contributed by atoms with Crippen molar-refractivity contribution >= 4 is 5.69 Å². The van der Waals surface area contributed by atoms with Crippen molar-refractivity contribution in [2.45, 2.75) is 70.2 Å². The number of benzene rings is 1. The van der Waals surface area contributed by atoms with Gasteiger partial charge in [0.25, 0.3) is 5.69 Å². The van der Waals surface area contributed by atoms with Crippen LogP contribution in [-0.2, 0) is 6.54 Å². The first-order valence-electron chi connectivity index (χ1n) is 8.29. The smallest absolute Gasteiger partial charge is 0.273 e. The van der Waals surface area contributed by atoms with Crippen molar-refractivity contribution < 1.29 is 4.92 Å². The van der Waals surface area contributed by atoms with E-state index in [-0.39, 0.29) is 10.6 Å². The van der Waals surface area contributed by atoms with E-state index in [1.165, 1.54) is 12.8 Å². The highest BCUT2D eigenvalue weighted by Gasteiger charge is 2.41. The summed E-state index contributed by atoms with van der Waals surface area (Å²) in [5, 5.41) is 14.6. The number of hydrogen-bond donors (Lipinski definition) is 1. The number of nitrogens with zero attached hydrogens (tertiary/aromatic N) is 2. The number of para-hydroxylation sites is 1. The number of nitro benzene ring substituents is 1. The van der Waals surface area contributed by atoms with E-state index in [2.05, 4.69) is 24.1 Å². The standard InChI is InChI=1S/C17H25N3O2/c1-12(2)19-15-7-8-16(19)10-14(9-15)18-11-13-5-3-4-6-17(13)20(21)22/h3-6,12,14-16,18H,7-11H2,1-2H3. The Morgan fingerprint density at radius 1 is 1.27 bits per heavy atom. The van der Waals surface area contributed by atoms with Gasteiger partial charge in [-0.25, -0.2) is 0 Å². The van der Waals surface area contributed by atoms with Gasteiger partial charge in [0, 0.05) is 42.3 Å². The first-order chi connectivity index (χ1) is 10.6. The largest absolute Gasteiger partial charge is 0.310 e. The first-order valence-corrected chi connectivity index (χ1v) is 8.29. The van der Waals surface area contributed by atoms with E-state index in [1.54, 1.807) is 12.1 Å². The molecule has 2 heterocycles. The molecule has 3 rings (SSSR count). The molecule has 2 unspecified atom stereocenters. The summed E-state index contributed by atoms with van der Waals surface area (Å²) in [4.78, 5) is 13.5. The van der Waals surface area contributed by atoms with Crippen LogP contribution in [0.5, 0.6) is 0 Å². The van der Waals surface area contributed by atoms with Gasteiger partial charge in [-0.2, -0.15) is 0 Å². The fourth-order valence-corrected chi connectivity index (χ4v) is 4.32. The Morgan fingerprint density at radius 2 is 1.91 bits per heavy atom. The van der Waals surface area contributed by atoms with E-state index in [0.717, 1.165) is 18.4 Å². The molecule has 120 valence electrons. The second-order valence-corrected chi connectivity index (χ2v) is 6.86. The maximum atomic E-state index is 11.1. The van der Waals surface area contributed by atoms with Crippen LogP contribution in [0.3, 0.4) is 0 Å². The fourth-order valence-electron chi connectivity index (χ4n) is 4.32. The van der Waals surface area contributed by atoms with Gasteiger partial charge >= 0.3 is 0 Å². The lowest BCUT2D eigenvalue weighted by Gasteiger charge is -2.41. The van der Waals surface area contributed by atoms with Gasteiger partial charge in [-0.05, 0) is 39.5 Å². The van der Waals surface area contributed by atoms with Gasteiger partial charge in [-0.15, -0.1) is 0 Å². The maximum Gasteiger partial charge on any atom is 0.273 e. The minimum absolute atomic E-state index is 0.220. The lowest BCUT2D eigenvalue weighted by molar-refractivity contribution is -0.385. The summed E-state index contributed by atoms with van der Waals surface area (Å²) in [6, 6.07) is 9.49. The van der Waals surface area contributed by atoms with Crippen molar-refractivity contribution in [3.63, 3.8) is 0 Å². The van der Waals surface area contributed by atoms with E-state index in [9.17, 15) is 10.1 Å². The lowest BCUT2D eigenvalue weighted by Crippen LogP contribution is -2.51. The van der Waals surface area contributed by atoms with Gasteiger partial charge in [-0.1, -0.05) is 18.2 Å². The highest BCUT2D eigenvalue weighted by atomic mass is 16.6. The average Bonchev–Trinajstić information content (AvgIpc) is 2.77. The minimum atomic E-state index is -0.290. The summed E-state index contributed by atoms with van der Waals surface area (Å²) in [7, 11) is 0. The van der Waals surface area contributed by atoms with Crippen LogP contribution in [0.1, 0.15) is 45.1 Å². The molecule has 0 radical (unpaired) electrons. The van der Waals surface area contributed by atoms with E-state index < -0.39 is 0 Å². The highest BCUT2D eigenvalue weighted by molar-refractivity contribution is 5.39. The van der Waals surface area contributed by atoms with Crippen molar-refractivity contribution in [3.8, 4) is 0 Å². The zero-order chi connectivity index (χ0) is 15.7. The molecule has 2 aliphatic rings. The molecule has 2 aliphatic heterocycles. The number of nitrogens with one attached hydrogen (secondary N) is 1. The number of piperidine rings is 1. The Bertz CT molecular complexity index is 532. The molecule has 0 aromatic heterocycles. The van der Waals surface area contributed by atoms with Gasteiger partial charge in [-0.3, -0.25) is 15.0 Å². The summed E-state index contributed by atoms with van der Waals surface area (Å²) in [6.07, 6.45) is 4.92. The molecular weight excluding hydrogens is 278 g/mol. The van der Waals surface area contributed by atoms with Crippen molar-refractivity contribution in [1.82, 2.24) is 10.2 Å². The quantitative estimate of drug-likeness (QED) is 0.671. The van der Waals surface area contributed by atoms with Crippen molar-refractivity contribution in [2.24, 2.45) is 0 Å². The highest BCUT2D eigenvalue weighted by Crippen LogP contribution is 2.37. The Hall–Kier alpha value is -1.46. The molecule has 2 saturated heterocycles. The molecule has 22 heavy (non-hydrogen) atoms. The van der Waals surface area contributed by atoms with E-state index in [1.807, 2.05) is 12.1 Å². The minimum Gasteiger partial charge on any atom is -0.310 e. The lowest BCUT2D eigenvalue weighted by atomic mass is 9.95. The second-order valence-electron chi connectivity index (χ2n) is 6.86. The number of nitro groups is 1. The molecule has 0 spiro atoms. The second kappa shape index (κ2) is 6.34. The van der Waals surface area contributed by atoms with Crippen LogP contribution in [-0.4, -0.2) is 34.0 Å². The Kier molecular flexibility index (Phi) is 4.45. The molecule has 5 heteroatoms. The molecular formula is C17H25N3O2. The van der Waals surface area contributed by atoms with Crippen LogP contribution in [0.2, 0.25) is 0 Å². The predicted octanol–water partition coefficient (Wildman–Crippen LogP) is 3.09. The Morgan fingerprint density at radius 3 is 2.50 bits per heavy atom. The van der Waals surface area contributed by atoms with Crippen LogP contribution in [0.25, 0.3) is 0 Å². The summed E-state index contributed by atoms with van der Waals surface area (Å²) >= 11 is 0. The van der Waals surface area contributed by atoms with Crippen LogP contribution in [0.4, 0.5) is 5.69 Å². The molecule has 2 bridgehead atoms. The van der Waals surface area contributed by atoms with Gasteiger partial charge in [0.15, 0.2) is 0 Å². The van der Waals surface area contributed by atoms with Gasteiger partial charge in [0.2, 0.25) is 0 Å². The van der Waals surface area contributed by atoms with E-state index in [0.29, 0.717) is 30.7 Å². The Balaban J connectivity index is 1.61. The van der Waals surface area contributed by atoms with Crippen LogP contribution in [0.15, 0.2) is 24.3 Å². The van der Waals surface area contributed by atoms with Gasteiger partial charge in [0.05, 0.1) is 4.92 Å². The molecule has 1 N–H and O–H groups in total. The van der Waals surface area contributed by atoms with E-state index >= 15 is 0 Å². The number of fused-ring (bicyclic) bond motifs is 2. The number of rotatable bonds is 5.